The van der Waals surface area contributed by atoms with Crippen molar-refractivity contribution < 1.29 is 4.74 Å². The molecule has 0 aliphatic carbocycles. The van der Waals surface area contributed by atoms with Crippen molar-refractivity contribution in [2.45, 2.75) is 19.8 Å². The summed E-state index contributed by atoms with van der Waals surface area (Å²) in [4.78, 5) is 12.4. The van der Waals surface area contributed by atoms with E-state index in [4.69, 9.17) is 4.74 Å². The van der Waals surface area contributed by atoms with Crippen LogP contribution in [0.15, 0.2) is 12.1 Å². The van der Waals surface area contributed by atoms with Gasteiger partial charge in [0.1, 0.15) is 5.82 Å². The number of aromatic amines is 1. The molecule has 1 fully saturated rings. The lowest BCUT2D eigenvalue weighted by Gasteiger charge is -2.09. The molecule has 3 heterocycles. The molecule has 96 valence electrons. The predicted octanol–water partition coefficient (Wildman–Crippen LogP) is 1.68. The number of nitrogens with one attached hydrogen (secondary N) is 2. The minimum atomic E-state index is 0.453. The van der Waals surface area contributed by atoms with Crippen molar-refractivity contribution in [3.63, 3.8) is 0 Å². The maximum Gasteiger partial charge on any atom is 0.215 e. The number of fused-ring (bicyclic) bond motifs is 1. The third kappa shape index (κ3) is 1.95. The molecule has 5 heteroatoms. The first-order valence-electron chi connectivity index (χ1n) is 6.48. The molecule has 5 nitrogen and oxygen atoms in total. The summed E-state index contributed by atoms with van der Waals surface area (Å²) in [5.41, 5.74) is 1.72. The second-order valence-electron chi connectivity index (χ2n) is 4.82. The van der Waals surface area contributed by atoms with Crippen LogP contribution >= 0.6 is 0 Å². The molecule has 2 unspecified atom stereocenters. The van der Waals surface area contributed by atoms with Gasteiger partial charge in [-0.1, -0.05) is 6.92 Å². The molecule has 1 aliphatic rings. The maximum atomic E-state index is 5.39. The molecule has 0 radical (unpaired) electrons. The van der Waals surface area contributed by atoms with E-state index in [2.05, 4.69) is 27.2 Å². The highest BCUT2D eigenvalue weighted by atomic mass is 16.5. The van der Waals surface area contributed by atoms with Crippen LogP contribution in [0, 0.1) is 5.92 Å². The van der Waals surface area contributed by atoms with E-state index >= 15 is 0 Å². The summed E-state index contributed by atoms with van der Waals surface area (Å²) in [5, 5.41) is 3.39. The molecule has 2 N–H and O–H groups in total. The van der Waals surface area contributed by atoms with Gasteiger partial charge in [-0.2, -0.15) is 4.98 Å². The first kappa shape index (κ1) is 11.5. The Morgan fingerprint density at radius 2 is 2.22 bits per heavy atom. The van der Waals surface area contributed by atoms with Gasteiger partial charge in [0.2, 0.25) is 5.88 Å². The van der Waals surface area contributed by atoms with Crippen LogP contribution in [-0.4, -0.2) is 34.6 Å². The molecule has 18 heavy (non-hydrogen) atoms. The van der Waals surface area contributed by atoms with Crippen LogP contribution in [0.5, 0.6) is 5.88 Å². The van der Waals surface area contributed by atoms with E-state index in [9.17, 15) is 0 Å². The van der Waals surface area contributed by atoms with Crippen LogP contribution in [0.2, 0.25) is 0 Å². The van der Waals surface area contributed by atoms with Gasteiger partial charge in [0.05, 0.1) is 12.1 Å². The molecule has 0 amide bonds. The second-order valence-corrected chi connectivity index (χ2v) is 4.82. The molecule has 0 saturated carbocycles. The number of imidazole rings is 1. The van der Waals surface area contributed by atoms with Crippen LogP contribution in [0.4, 0.5) is 0 Å². The average Bonchev–Trinajstić information content (AvgIpc) is 2.94. The number of hydrogen-bond acceptors (Lipinski definition) is 4. The number of hydrogen-bond donors (Lipinski definition) is 2. The van der Waals surface area contributed by atoms with Crippen LogP contribution in [0.3, 0.4) is 0 Å². The third-order valence-electron chi connectivity index (χ3n) is 3.50. The van der Waals surface area contributed by atoms with Crippen LogP contribution < -0.4 is 10.1 Å². The van der Waals surface area contributed by atoms with E-state index < -0.39 is 0 Å². The molecule has 0 bridgehead atoms. The quantitative estimate of drug-likeness (QED) is 0.865. The molecular formula is C13H18N4O. The summed E-state index contributed by atoms with van der Waals surface area (Å²) in [7, 11) is 0. The number of ether oxygens (including phenoxy) is 1. The van der Waals surface area contributed by atoms with Gasteiger partial charge in [-0.3, -0.25) is 0 Å². The summed E-state index contributed by atoms with van der Waals surface area (Å²) in [6.45, 7) is 6.86. The highest BCUT2D eigenvalue weighted by molar-refractivity contribution is 5.71. The van der Waals surface area contributed by atoms with Crippen molar-refractivity contribution in [2.24, 2.45) is 5.92 Å². The zero-order chi connectivity index (χ0) is 12.5. The number of rotatable bonds is 3. The zero-order valence-corrected chi connectivity index (χ0v) is 10.7. The lowest BCUT2D eigenvalue weighted by molar-refractivity contribution is 0.328. The zero-order valence-electron chi connectivity index (χ0n) is 10.7. The summed E-state index contributed by atoms with van der Waals surface area (Å²) < 4.78 is 5.39. The summed E-state index contributed by atoms with van der Waals surface area (Å²) >= 11 is 0. The van der Waals surface area contributed by atoms with Crippen molar-refractivity contribution >= 4 is 11.2 Å². The molecule has 2 atom stereocenters. The Balaban J connectivity index is 1.95. The summed E-state index contributed by atoms with van der Waals surface area (Å²) in [6, 6.07) is 3.86. The fraction of sp³-hybridized carbons (Fsp3) is 0.538. The first-order chi connectivity index (χ1) is 8.78. The van der Waals surface area contributed by atoms with E-state index in [1.54, 1.807) is 0 Å². The fourth-order valence-corrected chi connectivity index (χ4v) is 2.47. The van der Waals surface area contributed by atoms with Crippen LogP contribution in [0.1, 0.15) is 25.6 Å². The maximum absolute atomic E-state index is 5.39. The van der Waals surface area contributed by atoms with Gasteiger partial charge < -0.3 is 15.0 Å². The molecule has 1 saturated heterocycles. The number of aromatic nitrogens is 3. The highest BCUT2D eigenvalue weighted by Crippen LogP contribution is 2.27. The van der Waals surface area contributed by atoms with Gasteiger partial charge in [-0.05, 0) is 25.5 Å². The van der Waals surface area contributed by atoms with Crippen LogP contribution in [0.25, 0.3) is 11.2 Å². The predicted molar refractivity (Wildman–Crippen MR) is 69.8 cm³/mol. The second kappa shape index (κ2) is 4.57. The Kier molecular flexibility index (Phi) is 2.91. The number of H-pyrrole nitrogens is 1. The van der Waals surface area contributed by atoms with E-state index in [-0.39, 0.29) is 0 Å². The summed E-state index contributed by atoms with van der Waals surface area (Å²) in [5.74, 6) is 2.73. The molecule has 3 rings (SSSR count). The standard InChI is InChI=1S/C13H18N4O/c1-3-18-11-5-4-10-13(16-11)17-12(15-10)9-7-14-6-8(9)2/h4-5,8-9,14H,3,6-7H2,1-2H3,(H,15,16,17). The van der Waals surface area contributed by atoms with E-state index in [1.807, 2.05) is 19.1 Å². The Morgan fingerprint density at radius 1 is 1.33 bits per heavy atom. The highest BCUT2D eigenvalue weighted by Gasteiger charge is 2.27. The Labute approximate surface area is 106 Å². The topological polar surface area (TPSA) is 62.8 Å². The molecular weight excluding hydrogens is 228 g/mol. The van der Waals surface area contributed by atoms with Crippen molar-refractivity contribution in [2.75, 3.05) is 19.7 Å². The SMILES string of the molecule is CCOc1ccc2[nH]c(C3CNCC3C)nc2n1. The molecule has 2 aromatic rings. The summed E-state index contributed by atoms with van der Waals surface area (Å²) in [6.07, 6.45) is 0. The average molecular weight is 246 g/mol. The van der Waals surface area contributed by atoms with E-state index in [0.717, 1.165) is 30.1 Å². The Hall–Kier alpha value is -1.62. The number of pyridine rings is 1. The fourth-order valence-electron chi connectivity index (χ4n) is 2.47. The van der Waals surface area contributed by atoms with Gasteiger partial charge in [-0.25, -0.2) is 4.98 Å². The van der Waals surface area contributed by atoms with Gasteiger partial charge in [0.25, 0.3) is 0 Å². The van der Waals surface area contributed by atoms with E-state index in [0.29, 0.717) is 24.3 Å². The minimum Gasteiger partial charge on any atom is -0.478 e. The molecule has 0 aromatic carbocycles. The van der Waals surface area contributed by atoms with Crippen molar-refractivity contribution in [1.82, 2.24) is 20.3 Å². The Morgan fingerprint density at radius 3 is 2.94 bits per heavy atom. The normalized spacial score (nSPS) is 23.7. The van der Waals surface area contributed by atoms with Gasteiger partial charge in [0, 0.05) is 18.5 Å². The number of nitrogens with zero attached hydrogens (tertiary/aromatic N) is 2. The van der Waals surface area contributed by atoms with Gasteiger partial charge in [-0.15, -0.1) is 0 Å². The van der Waals surface area contributed by atoms with Crippen molar-refractivity contribution in [3.8, 4) is 5.88 Å². The van der Waals surface area contributed by atoms with Crippen LogP contribution in [-0.2, 0) is 0 Å². The van der Waals surface area contributed by atoms with E-state index in [1.165, 1.54) is 0 Å². The van der Waals surface area contributed by atoms with Crippen molar-refractivity contribution in [3.05, 3.63) is 18.0 Å². The largest absolute Gasteiger partial charge is 0.478 e. The molecule has 2 aromatic heterocycles. The minimum absolute atomic E-state index is 0.453. The van der Waals surface area contributed by atoms with Gasteiger partial charge >= 0.3 is 0 Å². The molecule has 0 spiro atoms. The monoisotopic (exact) mass is 246 g/mol. The third-order valence-corrected chi connectivity index (χ3v) is 3.50. The smallest absolute Gasteiger partial charge is 0.215 e. The first-order valence-corrected chi connectivity index (χ1v) is 6.48. The lowest BCUT2D eigenvalue weighted by atomic mass is 9.98. The Bertz CT molecular complexity index is 551. The lowest BCUT2D eigenvalue weighted by Crippen LogP contribution is -2.09. The molecule has 1 aliphatic heterocycles. The van der Waals surface area contributed by atoms with Crippen molar-refractivity contribution in [1.29, 1.82) is 0 Å². The van der Waals surface area contributed by atoms with Gasteiger partial charge in [0.15, 0.2) is 5.65 Å².